The van der Waals surface area contributed by atoms with E-state index in [9.17, 15) is 4.79 Å². The summed E-state index contributed by atoms with van der Waals surface area (Å²) in [6, 6.07) is 0. The molecule has 3 N–H and O–H groups in total. The van der Waals surface area contributed by atoms with Crippen molar-refractivity contribution in [3.63, 3.8) is 0 Å². The molecule has 0 heterocycles. The van der Waals surface area contributed by atoms with Crippen molar-refractivity contribution in [2.24, 2.45) is 11.1 Å². The average Bonchev–Trinajstić information content (AvgIpc) is 2.27. The summed E-state index contributed by atoms with van der Waals surface area (Å²) in [7, 11) is 3.57. The molecule has 0 aromatic rings. The lowest BCUT2D eigenvalue weighted by molar-refractivity contribution is -0.122. The highest BCUT2D eigenvalue weighted by atomic mass is 16.5. The van der Waals surface area contributed by atoms with Crippen molar-refractivity contribution in [3.05, 3.63) is 0 Å². The Morgan fingerprint density at radius 2 is 2.12 bits per heavy atom. The molecular weight excluding hydrogens is 218 g/mol. The molecule has 5 nitrogen and oxygen atoms in total. The number of hydrogen-bond acceptors (Lipinski definition) is 4. The molecule has 0 saturated heterocycles. The molecule has 0 aromatic heterocycles. The Morgan fingerprint density at radius 3 is 2.65 bits per heavy atom. The third-order valence-corrected chi connectivity index (χ3v) is 2.76. The molecule has 0 spiro atoms. The summed E-state index contributed by atoms with van der Waals surface area (Å²) in [5.41, 5.74) is 5.80. The molecule has 0 aliphatic carbocycles. The van der Waals surface area contributed by atoms with Crippen LogP contribution in [0.4, 0.5) is 0 Å². The van der Waals surface area contributed by atoms with Crippen LogP contribution in [-0.4, -0.2) is 57.8 Å². The van der Waals surface area contributed by atoms with E-state index in [0.717, 1.165) is 13.0 Å². The minimum atomic E-state index is 0.0371. The number of hydrogen-bond donors (Lipinski definition) is 2. The predicted octanol–water partition coefficient (Wildman–Crippen LogP) is 0.0558. The molecule has 102 valence electrons. The predicted molar refractivity (Wildman–Crippen MR) is 69.8 cm³/mol. The smallest absolute Gasteiger partial charge is 0.234 e. The van der Waals surface area contributed by atoms with E-state index >= 15 is 0 Å². The van der Waals surface area contributed by atoms with Crippen LogP contribution in [0.25, 0.3) is 0 Å². The molecule has 17 heavy (non-hydrogen) atoms. The first kappa shape index (κ1) is 16.4. The summed E-state index contributed by atoms with van der Waals surface area (Å²) in [5.74, 6) is 0.0371. The van der Waals surface area contributed by atoms with E-state index in [1.165, 1.54) is 0 Å². The lowest BCUT2D eigenvalue weighted by Gasteiger charge is -2.25. The highest BCUT2D eigenvalue weighted by molar-refractivity contribution is 5.77. The van der Waals surface area contributed by atoms with E-state index in [1.54, 1.807) is 7.11 Å². The number of likely N-dealkylation sites (N-methyl/N-ethyl adjacent to an activating group) is 1. The molecule has 0 saturated carbocycles. The van der Waals surface area contributed by atoms with Crippen LogP contribution in [0.3, 0.4) is 0 Å². The Labute approximate surface area is 105 Å². The van der Waals surface area contributed by atoms with E-state index in [-0.39, 0.29) is 11.3 Å². The van der Waals surface area contributed by atoms with Crippen LogP contribution in [-0.2, 0) is 9.53 Å². The molecule has 0 unspecified atom stereocenters. The second-order valence-corrected chi connectivity index (χ2v) is 5.20. The van der Waals surface area contributed by atoms with E-state index in [4.69, 9.17) is 10.5 Å². The van der Waals surface area contributed by atoms with E-state index in [1.807, 2.05) is 11.9 Å². The Kier molecular flexibility index (Phi) is 8.12. The summed E-state index contributed by atoms with van der Waals surface area (Å²) in [6.45, 7) is 7.36. The fourth-order valence-corrected chi connectivity index (χ4v) is 1.27. The zero-order chi connectivity index (χ0) is 13.3. The van der Waals surface area contributed by atoms with Crippen LogP contribution >= 0.6 is 0 Å². The molecular formula is C12H27N3O2. The number of ether oxygens (including phenoxy) is 1. The number of carbonyl (C=O) groups is 1. The summed E-state index contributed by atoms with van der Waals surface area (Å²) < 4.78 is 4.86. The van der Waals surface area contributed by atoms with Crippen LogP contribution < -0.4 is 11.1 Å². The van der Waals surface area contributed by atoms with E-state index < -0.39 is 0 Å². The maximum Gasteiger partial charge on any atom is 0.234 e. The van der Waals surface area contributed by atoms with Gasteiger partial charge in [-0.1, -0.05) is 13.8 Å². The van der Waals surface area contributed by atoms with Gasteiger partial charge in [0.2, 0.25) is 5.91 Å². The molecule has 0 aliphatic heterocycles. The quantitative estimate of drug-likeness (QED) is 0.564. The van der Waals surface area contributed by atoms with Gasteiger partial charge in [-0.15, -0.1) is 0 Å². The Balaban J connectivity index is 3.71. The van der Waals surface area contributed by atoms with Crippen molar-refractivity contribution < 1.29 is 9.53 Å². The minimum Gasteiger partial charge on any atom is -0.383 e. The lowest BCUT2D eigenvalue weighted by Crippen LogP contribution is -2.38. The van der Waals surface area contributed by atoms with Crippen LogP contribution in [0, 0.1) is 5.41 Å². The molecule has 0 aliphatic rings. The maximum absolute atomic E-state index is 11.5. The van der Waals surface area contributed by atoms with Gasteiger partial charge in [-0.3, -0.25) is 9.69 Å². The summed E-state index contributed by atoms with van der Waals surface area (Å²) in [5, 5.41) is 2.80. The number of nitrogens with two attached hydrogens (primary N) is 1. The number of nitrogens with one attached hydrogen (secondary N) is 1. The number of amides is 1. The first-order valence-corrected chi connectivity index (χ1v) is 6.05. The van der Waals surface area contributed by atoms with Crippen molar-refractivity contribution in [1.82, 2.24) is 10.2 Å². The summed E-state index contributed by atoms with van der Waals surface area (Å²) >= 11 is 0. The van der Waals surface area contributed by atoms with Crippen LogP contribution in [0.1, 0.15) is 20.3 Å². The van der Waals surface area contributed by atoms with Crippen molar-refractivity contribution in [2.75, 3.05) is 46.9 Å². The van der Waals surface area contributed by atoms with E-state index in [0.29, 0.717) is 26.2 Å². The highest BCUT2D eigenvalue weighted by Gasteiger charge is 2.16. The highest BCUT2D eigenvalue weighted by Crippen LogP contribution is 2.17. The van der Waals surface area contributed by atoms with Gasteiger partial charge in [0.25, 0.3) is 0 Å². The fraction of sp³-hybridized carbons (Fsp3) is 0.917. The zero-order valence-electron chi connectivity index (χ0n) is 11.6. The molecule has 0 aromatic carbocycles. The number of rotatable bonds is 9. The van der Waals surface area contributed by atoms with Crippen molar-refractivity contribution in [3.8, 4) is 0 Å². The van der Waals surface area contributed by atoms with Crippen molar-refractivity contribution >= 4 is 5.91 Å². The fourth-order valence-electron chi connectivity index (χ4n) is 1.27. The average molecular weight is 245 g/mol. The van der Waals surface area contributed by atoms with Gasteiger partial charge in [0.1, 0.15) is 0 Å². The van der Waals surface area contributed by atoms with Gasteiger partial charge in [-0.25, -0.2) is 0 Å². The van der Waals surface area contributed by atoms with Gasteiger partial charge >= 0.3 is 0 Å². The topological polar surface area (TPSA) is 67.6 Å². The Morgan fingerprint density at radius 1 is 1.47 bits per heavy atom. The molecule has 0 rings (SSSR count). The number of carbonyl (C=O) groups excluding carboxylic acids is 1. The third-order valence-electron chi connectivity index (χ3n) is 2.76. The molecule has 0 fully saturated rings. The standard InChI is InChI=1S/C12H27N3O2/c1-12(2,10-13)5-7-15(3)9-11(16)14-6-8-17-4/h5-10,13H2,1-4H3,(H,14,16). The second kappa shape index (κ2) is 8.44. The minimum absolute atomic E-state index is 0.0371. The lowest BCUT2D eigenvalue weighted by atomic mass is 9.89. The van der Waals surface area contributed by atoms with Crippen LogP contribution in [0.5, 0.6) is 0 Å². The largest absolute Gasteiger partial charge is 0.383 e. The van der Waals surface area contributed by atoms with Crippen LogP contribution in [0.15, 0.2) is 0 Å². The van der Waals surface area contributed by atoms with Gasteiger partial charge in [-0.05, 0) is 32.0 Å². The number of methoxy groups -OCH3 is 1. The second-order valence-electron chi connectivity index (χ2n) is 5.20. The van der Waals surface area contributed by atoms with Crippen LogP contribution in [0.2, 0.25) is 0 Å². The Bertz CT molecular complexity index is 220. The summed E-state index contributed by atoms with van der Waals surface area (Å²) in [6.07, 6.45) is 0.991. The zero-order valence-corrected chi connectivity index (χ0v) is 11.6. The molecule has 5 heteroatoms. The monoisotopic (exact) mass is 245 g/mol. The molecule has 0 bridgehead atoms. The van der Waals surface area contributed by atoms with Gasteiger partial charge in [-0.2, -0.15) is 0 Å². The normalized spacial score (nSPS) is 11.9. The first-order chi connectivity index (χ1) is 7.91. The van der Waals surface area contributed by atoms with E-state index in [2.05, 4.69) is 19.2 Å². The van der Waals surface area contributed by atoms with Gasteiger partial charge < -0.3 is 15.8 Å². The number of nitrogens with zero attached hydrogens (tertiary/aromatic N) is 1. The summed E-state index contributed by atoms with van der Waals surface area (Å²) in [4.78, 5) is 13.5. The van der Waals surface area contributed by atoms with Crippen molar-refractivity contribution in [2.45, 2.75) is 20.3 Å². The Hall–Kier alpha value is -0.650. The maximum atomic E-state index is 11.5. The molecule has 0 atom stereocenters. The molecule has 1 amide bonds. The third kappa shape index (κ3) is 9.09. The SMILES string of the molecule is COCCNC(=O)CN(C)CCC(C)(C)CN. The van der Waals surface area contributed by atoms with Crippen molar-refractivity contribution in [1.29, 1.82) is 0 Å². The molecule has 0 radical (unpaired) electrons. The van der Waals surface area contributed by atoms with Gasteiger partial charge in [0.15, 0.2) is 0 Å². The van der Waals surface area contributed by atoms with Gasteiger partial charge in [0, 0.05) is 13.7 Å². The first-order valence-electron chi connectivity index (χ1n) is 6.05. The van der Waals surface area contributed by atoms with Gasteiger partial charge in [0.05, 0.1) is 13.2 Å².